The minimum atomic E-state index is -1.12. The molecule has 35 heavy (non-hydrogen) atoms. The molecule has 0 spiro atoms. The normalized spacial score (nSPS) is 16.9. The molecule has 0 saturated carbocycles. The van der Waals surface area contributed by atoms with E-state index in [0.717, 1.165) is 12.0 Å². The molecule has 2 N–H and O–H groups in total. The van der Waals surface area contributed by atoms with Crippen molar-refractivity contribution >= 4 is 17.5 Å². The number of benzene rings is 1. The number of carbonyl (C=O) groups is 2. The Kier molecular flexibility index (Phi) is 7.81. The number of hydrogen-bond donors (Lipinski definition) is 2. The number of aliphatic hydroxyl groups is 1. The Labute approximate surface area is 207 Å². The highest BCUT2D eigenvalue weighted by atomic mass is 16.3. The summed E-state index contributed by atoms with van der Waals surface area (Å²) < 4.78 is 0. The van der Waals surface area contributed by atoms with E-state index in [2.05, 4.69) is 37.3 Å². The van der Waals surface area contributed by atoms with Crippen LogP contribution in [0.15, 0.2) is 48.8 Å². The van der Waals surface area contributed by atoms with Crippen LogP contribution in [0.1, 0.15) is 64.6 Å². The number of carbonyl (C=O) groups excluding carboxylic acids is 2. The molecule has 2 amide bonds. The zero-order valence-electron chi connectivity index (χ0n) is 21.2. The first-order valence-electron chi connectivity index (χ1n) is 11.9. The van der Waals surface area contributed by atoms with Gasteiger partial charge >= 0.3 is 0 Å². The molecule has 1 unspecified atom stereocenters. The topological polar surface area (TPSA) is 110 Å². The number of nitrogens with one attached hydrogen (secondary N) is 1. The lowest BCUT2D eigenvalue weighted by Crippen LogP contribution is -2.51. The fourth-order valence-electron chi connectivity index (χ4n) is 4.18. The Bertz CT molecular complexity index is 1070. The molecule has 1 aliphatic heterocycles. The van der Waals surface area contributed by atoms with Crippen molar-refractivity contribution in [3.05, 3.63) is 59.9 Å². The smallest absolute Gasteiger partial charge is 0.251 e. The molecule has 1 aromatic heterocycles. The summed E-state index contributed by atoms with van der Waals surface area (Å²) in [5.41, 5.74) is 0.984. The molecule has 0 bridgehead atoms. The highest BCUT2D eigenvalue weighted by Crippen LogP contribution is 2.33. The third-order valence-electron chi connectivity index (χ3n) is 6.12. The number of amides is 2. The Morgan fingerprint density at radius 2 is 1.91 bits per heavy atom. The van der Waals surface area contributed by atoms with Crippen molar-refractivity contribution in [2.24, 2.45) is 0 Å². The maximum atomic E-state index is 14.0. The number of rotatable bonds is 7. The van der Waals surface area contributed by atoms with Crippen molar-refractivity contribution in [3.63, 3.8) is 0 Å². The van der Waals surface area contributed by atoms with E-state index < -0.39 is 23.6 Å². The monoisotopic (exact) mass is 477 g/mol. The van der Waals surface area contributed by atoms with Crippen LogP contribution in [0.5, 0.6) is 0 Å². The van der Waals surface area contributed by atoms with Gasteiger partial charge in [0, 0.05) is 36.7 Å². The van der Waals surface area contributed by atoms with Crippen LogP contribution in [0.4, 0.5) is 5.69 Å². The predicted octanol–water partition coefficient (Wildman–Crippen LogP) is 3.29. The van der Waals surface area contributed by atoms with Gasteiger partial charge in [-0.3, -0.25) is 24.4 Å². The van der Waals surface area contributed by atoms with Crippen LogP contribution in [-0.4, -0.2) is 51.5 Å². The summed E-state index contributed by atoms with van der Waals surface area (Å²) in [4.78, 5) is 34.7. The SMILES string of the molecule is CC(C)(O)CNC(=O)C(c1cccnc1)N(C(=O)[C@H]1CCCN1C#N)c1ccc(C(C)(C)C)cc1. The quantitative estimate of drug-likeness (QED) is 0.592. The lowest BCUT2D eigenvalue weighted by atomic mass is 9.87. The van der Waals surface area contributed by atoms with E-state index >= 15 is 0 Å². The third kappa shape index (κ3) is 6.37. The highest BCUT2D eigenvalue weighted by molar-refractivity contribution is 6.04. The van der Waals surface area contributed by atoms with E-state index in [4.69, 9.17) is 0 Å². The average Bonchev–Trinajstić information content (AvgIpc) is 3.29. The van der Waals surface area contributed by atoms with Crippen molar-refractivity contribution < 1.29 is 14.7 Å². The van der Waals surface area contributed by atoms with Crippen LogP contribution in [-0.2, 0) is 15.0 Å². The zero-order valence-corrected chi connectivity index (χ0v) is 21.2. The van der Waals surface area contributed by atoms with Crippen molar-refractivity contribution in [2.45, 2.75) is 70.6 Å². The van der Waals surface area contributed by atoms with Gasteiger partial charge in [-0.15, -0.1) is 0 Å². The Hall–Kier alpha value is -3.44. The second-order valence-electron chi connectivity index (χ2n) is 10.7. The number of anilines is 1. The lowest BCUT2D eigenvalue weighted by Gasteiger charge is -2.35. The van der Waals surface area contributed by atoms with Gasteiger partial charge in [0.1, 0.15) is 12.1 Å². The molecule has 0 aliphatic carbocycles. The molecule has 1 aliphatic rings. The molecule has 1 aromatic carbocycles. The van der Waals surface area contributed by atoms with Gasteiger partial charge in [0.15, 0.2) is 6.19 Å². The maximum absolute atomic E-state index is 14.0. The van der Waals surface area contributed by atoms with Crippen LogP contribution in [0.2, 0.25) is 0 Å². The first-order chi connectivity index (χ1) is 16.4. The number of hydrogen-bond acceptors (Lipinski definition) is 6. The van der Waals surface area contributed by atoms with Gasteiger partial charge in [0.05, 0.1) is 5.60 Å². The molecule has 8 heteroatoms. The molecule has 2 aromatic rings. The van der Waals surface area contributed by atoms with Crippen LogP contribution in [0, 0.1) is 11.5 Å². The molecule has 1 saturated heterocycles. The van der Waals surface area contributed by atoms with Gasteiger partial charge in [-0.1, -0.05) is 39.0 Å². The van der Waals surface area contributed by atoms with Crippen LogP contribution in [0.3, 0.4) is 0 Å². The summed E-state index contributed by atoms with van der Waals surface area (Å²) >= 11 is 0. The first kappa shape index (κ1) is 26.2. The van der Waals surface area contributed by atoms with E-state index in [0.29, 0.717) is 24.2 Å². The van der Waals surface area contributed by atoms with Gasteiger partial charge in [0.2, 0.25) is 5.91 Å². The van der Waals surface area contributed by atoms with Crippen molar-refractivity contribution in [3.8, 4) is 6.19 Å². The second kappa shape index (κ2) is 10.4. The number of nitrogens with zero attached hydrogens (tertiary/aromatic N) is 4. The summed E-state index contributed by atoms with van der Waals surface area (Å²) in [6, 6.07) is 9.40. The van der Waals surface area contributed by atoms with Gasteiger partial charge in [-0.2, -0.15) is 5.26 Å². The van der Waals surface area contributed by atoms with Gasteiger partial charge in [-0.05, 0) is 55.9 Å². The van der Waals surface area contributed by atoms with Crippen molar-refractivity contribution in [2.75, 3.05) is 18.0 Å². The summed E-state index contributed by atoms with van der Waals surface area (Å²) in [5.74, 6) is -0.755. The Morgan fingerprint density at radius 1 is 1.23 bits per heavy atom. The van der Waals surface area contributed by atoms with Crippen LogP contribution >= 0.6 is 0 Å². The second-order valence-corrected chi connectivity index (χ2v) is 10.7. The summed E-state index contributed by atoms with van der Waals surface area (Å²) in [7, 11) is 0. The van der Waals surface area contributed by atoms with Crippen molar-refractivity contribution in [1.29, 1.82) is 5.26 Å². The van der Waals surface area contributed by atoms with Crippen molar-refractivity contribution in [1.82, 2.24) is 15.2 Å². The fourth-order valence-corrected chi connectivity index (χ4v) is 4.18. The van der Waals surface area contributed by atoms with Gasteiger partial charge < -0.3 is 10.4 Å². The van der Waals surface area contributed by atoms with Gasteiger partial charge in [-0.25, -0.2) is 0 Å². The molecule has 0 radical (unpaired) electrons. The summed E-state index contributed by atoms with van der Waals surface area (Å²) in [6.45, 7) is 10.0. The first-order valence-corrected chi connectivity index (χ1v) is 11.9. The minimum absolute atomic E-state index is 0.0152. The third-order valence-corrected chi connectivity index (χ3v) is 6.12. The van der Waals surface area contributed by atoms with Gasteiger partial charge in [0.25, 0.3) is 5.91 Å². The van der Waals surface area contributed by atoms with E-state index in [-0.39, 0.29) is 17.9 Å². The number of nitriles is 1. The van der Waals surface area contributed by atoms with Crippen LogP contribution in [0.25, 0.3) is 0 Å². The molecule has 1 fully saturated rings. The fraction of sp³-hybridized carbons (Fsp3) is 0.481. The molecular weight excluding hydrogens is 442 g/mol. The minimum Gasteiger partial charge on any atom is -0.389 e. The number of aromatic nitrogens is 1. The Morgan fingerprint density at radius 3 is 2.46 bits per heavy atom. The molecule has 8 nitrogen and oxygen atoms in total. The number of likely N-dealkylation sites (tertiary alicyclic amines) is 1. The standard InChI is InChI=1S/C27H35N5O3/c1-26(2,3)20-10-12-21(13-11-20)32(25(34)22-9-7-15-31(22)18-28)23(19-8-6-14-29-16-19)24(33)30-17-27(4,5)35/h6,8,10-14,16,22-23,35H,7,9,15,17H2,1-5H3,(H,30,33)/t22-,23?/m1/s1. The van der Waals surface area contributed by atoms with E-state index in [1.807, 2.05) is 24.3 Å². The largest absolute Gasteiger partial charge is 0.389 e. The summed E-state index contributed by atoms with van der Waals surface area (Å²) in [5, 5.41) is 22.6. The molecule has 3 rings (SSSR count). The van der Waals surface area contributed by atoms with E-state index in [9.17, 15) is 20.0 Å². The zero-order chi connectivity index (χ0) is 25.8. The molecule has 2 atom stereocenters. The van der Waals surface area contributed by atoms with E-state index in [1.54, 1.807) is 38.4 Å². The highest BCUT2D eigenvalue weighted by Gasteiger charge is 2.40. The predicted molar refractivity (Wildman–Crippen MR) is 134 cm³/mol. The Balaban J connectivity index is 2.11. The summed E-state index contributed by atoms with van der Waals surface area (Å²) in [6.07, 6.45) is 6.55. The number of pyridine rings is 1. The molecule has 186 valence electrons. The molecular formula is C27H35N5O3. The molecule has 2 heterocycles. The van der Waals surface area contributed by atoms with E-state index in [1.165, 1.54) is 9.80 Å². The average molecular weight is 478 g/mol. The lowest BCUT2D eigenvalue weighted by molar-refractivity contribution is -0.128. The maximum Gasteiger partial charge on any atom is 0.251 e. The van der Waals surface area contributed by atoms with Crippen LogP contribution < -0.4 is 10.2 Å².